The molecule has 4 heteroatoms. The number of rotatable bonds is 4. The van der Waals surface area contributed by atoms with Crippen molar-refractivity contribution in [1.29, 1.82) is 0 Å². The molecule has 1 aliphatic rings. The lowest BCUT2D eigenvalue weighted by molar-refractivity contribution is 0.415. The van der Waals surface area contributed by atoms with Crippen LogP contribution in [-0.4, -0.2) is 16.7 Å². The van der Waals surface area contributed by atoms with Crippen molar-refractivity contribution in [3.05, 3.63) is 18.2 Å². The Kier molecular flexibility index (Phi) is 2.65. The molecular weight excluding hydrogens is 226 g/mol. The van der Waals surface area contributed by atoms with E-state index >= 15 is 0 Å². The SMILES string of the molecule is COc1ccc2c(c1)nc(N)n2CC(C)C1CC1. The maximum Gasteiger partial charge on any atom is 0.201 e. The van der Waals surface area contributed by atoms with Gasteiger partial charge in [0.1, 0.15) is 5.75 Å². The molecule has 1 fully saturated rings. The van der Waals surface area contributed by atoms with E-state index < -0.39 is 0 Å². The van der Waals surface area contributed by atoms with Crippen LogP contribution in [0.1, 0.15) is 19.8 Å². The van der Waals surface area contributed by atoms with Crippen molar-refractivity contribution in [3.8, 4) is 5.75 Å². The molecule has 3 rings (SSSR count). The quantitative estimate of drug-likeness (QED) is 0.901. The number of benzene rings is 1. The molecule has 0 amide bonds. The number of ether oxygens (including phenoxy) is 1. The maximum atomic E-state index is 6.02. The summed E-state index contributed by atoms with van der Waals surface area (Å²) in [5.41, 5.74) is 8.03. The molecule has 0 radical (unpaired) electrons. The molecule has 0 saturated heterocycles. The molecule has 2 N–H and O–H groups in total. The second kappa shape index (κ2) is 4.19. The third-order valence-corrected chi connectivity index (χ3v) is 3.88. The molecule has 4 nitrogen and oxygen atoms in total. The summed E-state index contributed by atoms with van der Waals surface area (Å²) in [6, 6.07) is 5.93. The molecule has 96 valence electrons. The average Bonchev–Trinajstić information content (AvgIpc) is 3.16. The standard InChI is InChI=1S/C14H19N3O/c1-9(10-3-4-10)8-17-13-6-5-11(18-2)7-12(13)16-14(17)15/h5-7,9-10H,3-4,8H2,1-2H3,(H2,15,16). The predicted molar refractivity (Wildman–Crippen MR) is 72.6 cm³/mol. The Morgan fingerprint density at radius 3 is 2.94 bits per heavy atom. The van der Waals surface area contributed by atoms with Crippen LogP contribution < -0.4 is 10.5 Å². The van der Waals surface area contributed by atoms with Crippen LogP contribution in [0.2, 0.25) is 0 Å². The van der Waals surface area contributed by atoms with Crippen molar-refractivity contribution in [2.24, 2.45) is 11.8 Å². The normalized spacial score (nSPS) is 17.0. The van der Waals surface area contributed by atoms with Gasteiger partial charge in [0, 0.05) is 12.6 Å². The zero-order chi connectivity index (χ0) is 12.7. The average molecular weight is 245 g/mol. The molecule has 1 aromatic carbocycles. The molecule has 1 unspecified atom stereocenters. The van der Waals surface area contributed by atoms with E-state index in [2.05, 4.69) is 16.5 Å². The third-order valence-electron chi connectivity index (χ3n) is 3.88. The lowest BCUT2D eigenvalue weighted by Crippen LogP contribution is -2.11. The number of aromatic nitrogens is 2. The first-order valence-corrected chi connectivity index (χ1v) is 6.49. The van der Waals surface area contributed by atoms with Gasteiger partial charge in [-0.25, -0.2) is 4.98 Å². The van der Waals surface area contributed by atoms with Gasteiger partial charge in [-0.1, -0.05) is 6.92 Å². The van der Waals surface area contributed by atoms with Crippen molar-refractivity contribution in [2.45, 2.75) is 26.3 Å². The van der Waals surface area contributed by atoms with Gasteiger partial charge in [0.25, 0.3) is 0 Å². The topological polar surface area (TPSA) is 53.1 Å². The first kappa shape index (κ1) is 11.4. The number of hydrogen-bond acceptors (Lipinski definition) is 3. The summed E-state index contributed by atoms with van der Waals surface area (Å²) in [4.78, 5) is 4.42. The number of hydrogen-bond donors (Lipinski definition) is 1. The summed E-state index contributed by atoms with van der Waals surface area (Å²) < 4.78 is 7.33. The monoisotopic (exact) mass is 245 g/mol. The highest BCUT2D eigenvalue weighted by atomic mass is 16.5. The molecule has 0 bridgehead atoms. The number of methoxy groups -OCH3 is 1. The van der Waals surface area contributed by atoms with Gasteiger partial charge in [-0.05, 0) is 36.8 Å². The predicted octanol–water partition coefficient (Wildman–Crippen LogP) is 2.67. The highest BCUT2D eigenvalue weighted by Gasteiger charge is 2.28. The van der Waals surface area contributed by atoms with E-state index in [-0.39, 0.29) is 0 Å². The van der Waals surface area contributed by atoms with Gasteiger partial charge in [0.05, 0.1) is 18.1 Å². The summed E-state index contributed by atoms with van der Waals surface area (Å²) in [5, 5.41) is 0. The molecule has 0 spiro atoms. The van der Waals surface area contributed by atoms with E-state index in [4.69, 9.17) is 10.5 Å². The largest absolute Gasteiger partial charge is 0.497 e. The Bertz CT molecular complexity index is 572. The van der Waals surface area contributed by atoms with Gasteiger partial charge < -0.3 is 15.0 Å². The van der Waals surface area contributed by atoms with Crippen LogP contribution in [0.5, 0.6) is 5.75 Å². The summed E-state index contributed by atoms with van der Waals surface area (Å²) in [6.45, 7) is 3.26. The number of nitrogens with two attached hydrogens (primary N) is 1. The summed E-state index contributed by atoms with van der Waals surface area (Å²) >= 11 is 0. The number of nitrogen functional groups attached to an aromatic ring is 1. The third kappa shape index (κ3) is 1.92. The zero-order valence-electron chi connectivity index (χ0n) is 10.9. The van der Waals surface area contributed by atoms with Crippen molar-refractivity contribution in [3.63, 3.8) is 0 Å². The lowest BCUT2D eigenvalue weighted by atomic mass is 10.1. The molecule has 18 heavy (non-hydrogen) atoms. The molecule has 1 aromatic heterocycles. The van der Waals surface area contributed by atoms with E-state index in [1.165, 1.54) is 12.8 Å². The minimum absolute atomic E-state index is 0.603. The second-order valence-corrected chi connectivity index (χ2v) is 5.25. The van der Waals surface area contributed by atoms with E-state index in [1.807, 2.05) is 18.2 Å². The Hall–Kier alpha value is -1.71. The number of fused-ring (bicyclic) bond motifs is 1. The minimum Gasteiger partial charge on any atom is -0.497 e. The fraction of sp³-hybridized carbons (Fsp3) is 0.500. The van der Waals surface area contributed by atoms with Crippen LogP contribution in [0.25, 0.3) is 11.0 Å². The first-order valence-electron chi connectivity index (χ1n) is 6.49. The second-order valence-electron chi connectivity index (χ2n) is 5.25. The number of imidazole rings is 1. The van der Waals surface area contributed by atoms with Crippen LogP contribution in [0.3, 0.4) is 0 Å². The zero-order valence-corrected chi connectivity index (χ0v) is 10.9. The van der Waals surface area contributed by atoms with E-state index in [0.717, 1.165) is 29.2 Å². The number of nitrogens with zero attached hydrogens (tertiary/aromatic N) is 2. The Balaban J connectivity index is 1.97. The smallest absolute Gasteiger partial charge is 0.201 e. The highest BCUT2D eigenvalue weighted by Crippen LogP contribution is 2.38. The Morgan fingerprint density at radius 2 is 2.28 bits per heavy atom. The van der Waals surface area contributed by atoms with Crippen LogP contribution in [0.4, 0.5) is 5.95 Å². The van der Waals surface area contributed by atoms with Crippen molar-refractivity contribution < 1.29 is 4.74 Å². The molecule has 1 saturated carbocycles. The summed E-state index contributed by atoms with van der Waals surface area (Å²) in [6.07, 6.45) is 2.73. The first-order chi connectivity index (χ1) is 8.69. The van der Waals surface area contributed by atoms with Crippen molar-refractivity contribution in [1.82, 2.24) is 9.55 Å². The fourth-order valence-electron chi connectivity index (χ4n) is 2.55. The van der Waals surface area contributed by atoms with Crippen LogP contribution >= 0.6 is 0 Å². The summed E-state index contributed by atoms with van der Waals surface area (Å²) in [5.74, 6) is 2.97. The lowest BCUT2D eigenvalue weighted by Gasteiger charge is -2.13. The van der Waals surface area contributed by atoms with Crippen molar-refractivity contribution in [2.75, 3.05) is 12.8 Å². The van der Waals surface area contributed by atoms with E-state index in [1.54, 1.807) is 7.11 Å². The molecule has 1 atom stereocenters. The Labute approximate surface area is 107 Å². The molecule has 2 aromatic rings. The number of anilines is 1. The van der Waals surface area contributed by atoms with Crippen LogP contribution in [-0.2, 0) is 6.54 Å². The van der Waals surface area contributed by atoms with Crippen molar-refractivity contribution >= 4 is 17.0 Å². The van der Waals surface area contributed by atoms with Crippen LogP contribution in [0, 0.1) is 11.8 Å². The Morgan fingerprint density at radius 1 is 1.50 bits per heavy atom. The van der Waals surface area contributed by atoms with Gasteiger partial charge in [0.2, 0.25) is 5.95 Å². The minimum atomic E-state index is 0.603. The fourth-order valence-corrected chi connectivity index (χ4v) is 2.55. The van der Waals surface area contributed by atoms with Gasteiger partial charge in [-0.15, -0.1) is 0 Å². The summed E-state index contributed by atoms with van der Waals surface area (Å²) in [7, 11) is 1.66. The van der Waals surface area contributed by atoms with Gasteiger partial charge in [-0.3, -0.25) is 0 Å². The van der Waals surface area contributed by atoms with E-state index in [9.17, 15) is 0 Å². The van der Waals surface area contributed by atoms with Gasteiger partial charge in [0.15, 0.2) is 0 Å². The maximum absolute atomic E-state index is 6.02. The van der Waals surface area contributed by atoms with Crippen LogP contribution in [0.15, 0.2) is 18.2 Å². The molecule has 1 aliphatic carbocycles. The molecular formula is C14H19N3O. The van der Waals surface area contributed by atoms with Gasteiger partial charge >= 0.3 is 0 Å². The van der Waals surface area contributed by atoms with Gasteiger partial charge in [-0.2, -0.15) is 0 Å². The molecule has 1 heterocycles. The highest BCUT2D eigenvalue weighted by molar-refractivity contribution is 5.79. The molecule has 0 aliphatic heterocycles. The van der Waals surface area contributed by atoms with E-state index in [0.29, 0.717) is 11.9 Å².